The highest BCUT2D eigenvalue weighted by Gasteiger charge is 2.13. The highest BCUT2D eigenvalue weighted by molar-refractivity contribution is 9.09. The molecule has 1 rings (SSSR count). The Morgan fingerprint density at radius 2 is 2.00 bits per heavy atom. The summed E-state index contributed by atoms with van der Waals surface area (Å²) >= 11 is 3.35. The van der Waals surface area contributed by atoms with Gasteiger partial charge in [0.2, 0.25) is 0 Å². The molecule has 1 aliphatic rings. The molecule has 52 valence electrons. The molecule has 0 saturated carbocycles. The molecule has 0 atom stereocenters. The molecule has 0 bridgehead atoms. The van der Waals surface area contributed by atoms with E-state index in [9.17, 15) is 4.79 Å². The maximum Gasteiger partial charge on any atom is 0.135 e. The Balaban J connectivity index is 2.26. The third-order valence-electron chi connectivity index (χ3n) is 1.58. The molecule has 0 aliphatic carbocycles. The number of hydrogen-bond donors (Lipinski definition) is 0. The lowest BCUT2D eigenvalue weighted by atomic mass is 10.1. The topological polar surface area (TPSA) is 20.3 Å². The van der Waals surface area contributed by atoms with Gasteiger partial charge in [0.05, 0.1) is 5.45 Å². The van der Waals surface area contributed by atoms with Crippen molar-refractivity contribution in [2.45, 2.75) is 12.8 Å². The van der Waals surface area contributed by atoms with Crippen LogP contribution in [0.1, 0.15) is 12.8 Å². The quantitative estimate of drug-likeness (QED) is 0.456. The van der Waals surface area contributed by atoms with E-state index in [0.29, 0.717) is 5.78 Å². The molecule has 0 aromatic rings. The molecule has 1 aliphatic heterocycles. The Morgan fingerprint density at radius 3 is 2.44 bits per heavy atom. The van der Waals surface area contributed by atoms with Crippen molar-refractivity contribution in [1.82, 2.24) is 4.90 Å². The van der Waals surface area contributed by atoms with Gasteiger partial charge in [-0.2, -0.15) is 0 Å². The van der Waals surface area contributed by atoms with Gasteiger partial charge in [0.15, 0.2) is 0 Å². The summed E-state index contributed by atoms with van der Waals surface area (Å²) in [5.74, 6) is 0.409. The van der Waals surface area contributed by atoms with E-state index in [1.165, 1.54) is 0 Å². The van der Waals surface area contributed by atoms with Gasteiger partial charge in [-0.15, -0.1) is 0 Å². The third-order valence-corrected chi connectivity index (χ3v) is 2.29. The predicted octanol–water partition coefficient (Wildman–Crippen LogP) is 1.00. The van der Waals surface area contributed by atoms with Crippen LogP contribution in [0.4, 0.5) is 0 Å². The summed E-state index contributed by atoms with van der Waals surface area (Å²) < 4.78 is 0. The van der Waals surface area contributed by atoms with E-state index in [0.717, 1.165) is 31.4 Å². The molecular formula is C6H10BrNO. The van der Waals surface area contributed by atoms with Crippen LogP contribution in [0.5, 0.6) is 0 Å². The number of nitrogens with zero attached hydrogens (tertiary/aromatic N) is 1. The van der Waals surface area contributed by atoms with Crippen LogP contribution in [0.15, 0.2) is 0 Å². The van der Waals surface area contributed by atoms with E-state index < -0.39 is 0 Å². The summed E-state index contributed by atoms with van der Waals surface area (Å²) in [4.78, 5) is 12.9. The second-order valence-corrected chi connectivity index (χ2v) is 2.78. The fourth-order valence-corrected chi connectivity index (χ4v) is 1.42. The van der Waals surface area contributed by atoms with Crippen LogP contribution in [0.2, 0.25) is 0 Å². The molecule has 1 heterocycles. The van der Waals surface area contributed by atoms with E-state index in [4.69, 9.17) is 0 Å². The Kier molecular flexibility index (Phi) is 2.66. The monoisotopic (exact) mass is 191 g/mol. The first-order valence-electron chi connectivity index (χ1n) is 3.13. The number of carbonyl (C=O) groups is 1. The van der Waals surface area contributed by atoms with E-state index in [1.807, 2.05) is 0 Å². The van der Waals surface area contributed by atoms with Crippen LogP contribution in [0.3, 0.4) is 0 Å². The lowest BCUT2D eigenvalue weighted by molar-refractivity contribution is -0.121. The minimum absolute atomic E-state index is 0.409. The van der Waals surface area contributed by atoms with Crippen LogP contribution in [0.25, 0.3) is 0 Å². The molecule has 3 heteroatoms. The summed E-state index contributed by atoms with van der Waals surface area (Å²) in [6.45, 7) is 1.87. The fraction of sp³-hybridized carbons (Fsp3) is 0.833. The molecule has 9 heavy (non-hydrogen) atoms. The minimum atomic E-state index is 0.409. The molecule has 1 saturated heterocycles. The van der Waals surface area contributed by atoms with Crippen molar-refractivity contribution in [3.8, 4) is 0 Å². The normalized spacial score (nSPS) is 22.6. The van der Waals surface area contributed by atoms with E-state index in [2.05, 4.69) is 20.8 Å². The van der Waals surface area contributed by atoms with E-state index in [-0.39, 0.29) is 0 Å². The molecule has 0 unspecified atom stereocenters. The molecule has 0 spiro atoms. The standard InChI is InChI=1S/C6H10BrNO/c7-5-8-3-1-6(9)2-4-8/h1-5H2. The van der Waals surface area contributed by atoms with Gasteiger partial charge in [0.25, 0.3) is 0 Å². The average molecular weight is 192 g/mol. The number of hydrogen-bond acceptors (Lipinski definition) is 2. The number of alkyl halides is 1. The highest BCUT2D eigenvalue weighted by atomic mass is 79.9. The summed E-state index contributed by atoms with van der Waals surface area (Å²) in [6, 6.07) is 0. The summed E-state index contributed by atoms with van der Waals surface area (Å²) in [6.07, 6.45) is 1.48. The number of likely N-dealkylation sites (tertiary alicyclic amines) is 1. The van der Waals surface area contributed by atoms with E-state index >= 15 is 0 Å². The lowest BCUT2D eigenvalue weighted by Crippen LogP contribution is -2.32. The molecule has 0 radical (unpaired) electrons. The zero-order valence-electron chi connectivity index (χ0n) is 5.27. The fourth-order valence-electron chi connectivity index (χ4n) is 0.922. The first-order valence-corrected chi connectivity index (χ1v) is 4.25. The van der Waals surface area contributed by atoms with Crippen molar-refractivity contribution < 1.29 is 4.79 Å². The first kappa shape index (κ1) is 7.22. The number of rotatable bonds is 1. The van der Waals surface area contributed by atoms with Crippen molar-refractivity contribution in [3.63, 3.8) is 0 Å². The van der Waals surface area contributed by atoms with Crippen LogP contribution in [0, 0.1) is 0 Å². The lowest BCUT2D eigenvalue weighted by Gasteiger charge is -2.22. The maximum atomic E-state index is 10.7. The number of ketones is 1. The molecule has 0 aromatic heterocycles. The van der Waals surface area contributed by atoms with Crippen LogP contribution >= 0.6 is 15.9 Å². The second-order valence-electron chi connectivity index (χ2n) is 2.28. The molecule has 0 aromatic carbocycles. The molecule has 2 nitrogen and oxygen atoms in total. The Morgan fingerprint density at radius 1 is 1.44 bits per heavy atom. The third kappa shape index (κ3) is 2.06. The first-order chi connectivity index (χ1) is 4.33. The molecular weight excluding hydrogens is 182 g/mol. The number of piperidine rings is 1. The van der Waals surface area contributed by atoms with Crippen molar-refractivity contribution >= 4 is 21.7 Å². The summed E-state index contributed by atoms with van der Waals surface area (Å²) in [5.41, 5.74) is 0.903. The van der Waals surface area contributed by atoms with Gasteiger partial charge >= 0.3 is 0 Å². The van der Waals surface area contributed by atoms with E-state index in [1.54, 1.807) is 0 Å². The van der Waals surface area contributed by atoms with Crippen LogP contribution in [-0.4, -0.2) is 29.2 Å². The van der Waals surface area contributed by atoms with Crippen LogP contribution in [-0.2, 0) is 4.79 Å². The minimum Gasteiger partial charge on any atom is -0.300 e. The maximum absolute atomic E-state index is 10.7. The summed E-state index contributed by atoms with van der Waals surface area (Å²) in [7, 11) is 0. The second kappa shape index (κ2) is 3.32. The van der Waals surface area contributed by atoms with Crippen molar-refractivity contribution in [3.05, 3.63) is 0 Å². The average Bonchev–Trinajstić information content (AvgIpc) is 1.90. The predicted molar refractivity (Wildman–Crippen MR) is 39.6 cm³/mol. The molecule has 0 N–H and O–H groups in total. The van der Waals surface area contributed by atoms with Gasteiger partial charge < -0.3 is 0 Å². The molecule has 0 amide bonds. The Hall–Kier alpha value is 0.110. The van der Waals surface area contributed by atoms with Gasteiger partial charge in [-0.25, -0.2) is 0 Å². The van der Waals surface area contributed by atoms with Gasteiger partial charge in [-0.1, -0.05) is 15.9 Å². The molecule has 1 fully saturated rings. The Bertz CT molecular complexity index is 106. The Labute approximate surface area is 63.3 Å². The van der Waals surface area contributed by atoms with Crippen molar-refractivity contribution in [2.75, 3.05) is 18.5 Å². The van der Waals surface area contributed by atoms with Gasteiger partial charge in [-0.05, 0) is 0 Å². The highest BCUT2D eigenvalue weighted by Crippen LogP contribution is 2.05. The zero-order chi connectivity index (χ0) is 6.69. The van der Waals surface area contributed by atoms with Crippen molar-refractivity contribution in [1.29, 1.82) is 0 Å². The van der Waals surface area contributed by atoms with Gasteiger partial charge in [0.1, 0.15) is 5.78 Å². The smallest absolute Gasteiger partial charge is 0.135 e. The largest absolute Gasteiger partial charge is 0.300 e. The zero-order valence-corrected chi connectivity index (χ0v) is 6.85. The van der Waals surface area contributed by atoms with Gasteiger partial charge in [-0.3, -0.25) is 9.69 Å². The van der Waals surface area contributed by atoms with Crippen LogP contribution < -0.4 is 0 Å². The van der Waals surface area contributed by atoms with Gasteiger partial charge in [0, 0.05) is 25.9 Å². The van der Waals surface area contributed by atoms with Crippen molar-refractivity contribution in [2.24, 2.45) is 0 Å². The number of Topliss-reactive ketones (excluding diaryl/α,β-unsaturated/α-hetero) is 1. The summed E-state index contributed by atoms with van der Waals surface area (Å²) in [5, 5.41) is 0. The SMILES string of the molecule is O=C1CCN(CBr)CC1. The number of halogens is 1. The number of carbonyl (C=O) groups excluding carboxylic acids is 1.